The molecule has 0 saturated carbocycles. The lowest BCUT2D eigenvalue weighted by Crippen LogP contribution is -2.30. The summed E-state index contributed by atoms with van der Waals surface area (Å²) < 4.78 is 0. The smallest absolute Gasteiger partial charge is 0.303 e. The van der Waals surface area contributed by atoms with Gasteiger partial charge in [0.15, 0.2) is 0 Å². The SMILES string of the molecule is Nc1ccc(CCCCC(=O)O)c(N2C(=O)c3ccccc3C2=O)c1. The van der Waals surface area contributed by atoms with E-state index < -0.39 is 5.97 Å². The number of unbranched alkanes of at least 4 members (excludes halogenated alkanes) is 1. The molecular formula is C19H18N2O4. The van der Waals surface area contributed by atoms with Crippen molar-refractivity contribution in [1.29, 1.82) is 0 Å². The molecule has 128 valence electrons. The quantitative estimate of drug-likeness (QED) is 0.479. The lowest BCUT2D eigenvalue weighted by atomic mass is 10.0. The normalized spacial score (nSPS) is 13.2. The molecule has 3 N–H and O–H groups in total. The number of aryl methyl sites for hydroxylation is 1. The van der Waals surface area contributed by atoms with Gasteiger partial charge in [-0.25, -0.2) is 4.90 Å². The molecule has 2 amide bonds. The number of nitrogens with two attached hydrogens (primary N) is 1. The number of aliphatic carboxylic acids is 1. The van der Waals surface area contributed by atoms with Crippen LogP contribution in [0.5, 0.6) is 0 Å². The summed E-state index contributed by atoms with van der Waals surface area (Å²) in [7, 11) is 0. The number of nitrogen functional groups attached to an aromatic ring is 1. The number of nitrogens with zero attached hydrogens (tertiary/aromatic N) is 1. The highest BCUT2D eigenvalue weighted by Crippen LogP contribution is 2.32. The van der Waals surface area contributed by atoms with E-state index in [1.807, 2.05) is 0 Å². The summed E-state index contributed by atoms with van der Waals surface area (Å²) >= 11 is 0. The molecule has 0 unspecified atom stereocenters. The van der Waals surface area contributed by atoms with Gasteiger partial charge in [0.2, 0.25) is 0 Å². The summed E-state index contributed by atoms with van der Waals surface area (Å²) in [5, 5.41) is 8.73. The van der Waals surface area contributed by atoms with Gasteiger partial charge in [-0.3, -0.25) is 14.4 Å². The van der Waals surface area contributed by atoms with Gasteiger partial charge in [0.25, 0.3) is 11.8 Å². The standard InChI is InChI=1S/C19H18N2O4/c20-13-10-9-12(5-1-4-8-17(22)23)16(11-13)21-18(24)14-6-2-3-7-15(14)19(21)25/h2-3,6-7,9-11H,1,4-5,8,20H2,(H,22,23). The van der Waals surface area contributed by atoms with Crippen LogP contribution >= 0.6 is 0 Å². The Morgan fingerprint density at radius 1 is 1.00 bits per heavy atom. The van der Waals surface area contributed by atoms with Gasteiger partial charge < -0.3 is 10.8 Å². The second kappa shape index (κ2) is 6.76. The molecule has 2 aromatic carbocycles. The van der Waals surface area contributed by atoms with Crippen LogP contribution in [0.4, 0.5) is 11.4 Å². The summed E-state index contributed by atoms with van der Waals surface area (Å²) in [6, 6.07) is 11.8. The first-order valence-electron chi connectivity index (χ1n) is 8.07. The van der Waals surface area contributed by atoms with Crippen LogP contribution in [0.15, 0.2) is 42.5 Å². The van der Waals surface area contributed by atoms with E-state index in [2.05, 4.69) is 0 Å². The van der Waals surface area contributed by atoms with E-state index in [1.54, 1.807) is 42.5 Å². The van der Waals surface area contributed by atoms with E-state index in [0.29, 0.717) is 41.8 Å². The average Bonchev–Trinajstić information content (AvgIpc) is 2.84. The predicted molar refractivity (Wildman–Crippen MR) is 93.6 cm³/mol. The van der Waals surface area contributed by atoms with Gasteiger partial charge in [0, 0.05) is 12.1 Å². The molecule has 1 aliphatic rings. The molecule has 2 aromatic rings. The molecule has 0 atom stereocenters. The van der Waals surface area contributed by atoms with E-state index in [4.69, 9.17) is 10.8 Å². The van der Waals surface area contributed by atoms with Gasteiger partial charge in [0.05, 0.1) is 16.8 Å². The molecule has 6 nitrogen and oxygen atoms in total. The van der Waals surface area contributed by atoms with Crippen molar-refractivity contribution in [2.45, 2.75) is 25.7 Å². The number of hydrogen-bond donors (Lipinski definition) is 2. The van der Waals surface area contributed by atoms with Crippen LogP contribution in [0.2, 0.25) is 0 Å². The fourth-order valence-electron chi connectivity index (χ4n) is 3.00. The highest BCUT2D eigenvalue weighted by Gasteiger charge is 2.37. The molecule has 0 saturated heterocycles. The zero-order chi connectivity index (χ0) is 18.0. The van der Waals surface area contributed by atoms with Crippen LogP contribution < -0.4 is 10.6 Å². The fraction of sp³-hybridized carbons (Fsp3) is 0.211. The van der Waals surface area contributed by atoms with Crippen LogP contribution in [-0.4, -0.2) is 22.9 Å². The molecule has 0 spiro atoms. The lowest BCUT2D eigenvalue weighted by Gasteiger charge is -2.19. The van der Waals surface area contributed by atoms with Crippen LogP contribution in [0.25, 0.3) is 0 Å². The average molecular weight is 338 g/mol. The molecule has 1 aliphatic heterocycles. The topological polar surface area (TPSA) is 101 Å². The number of imide groups is 1. The Balaban J connectivity index is 1.89. The number of anilines is 2. The maximum Gasteiger partial charge on any atom is 0.303 e. The Morgan fingerprint density at radius 3 is 2.24 bits per heavy atom. The summed E-state index contributed by atoms with van der Waals surface area (Å²) in [4.78, 5) is 37.1. The van der Waals surface area contributed by atoms with Crippen LogP contribution in [0, 0.1) is 0 Å². The molecule has 0 radical (unpaired) electrons. The Morgan fingerprint density at radius 2 is 1.64 bits per heavy atom. The summed E-state index contributed by atoms with van der Waals surface area (Å²) in [5.74, 6) is -1.56. The first-order valence-corrected chi connectivity index (χ1v) is 8.07. The Hall–Kier alpha value is -3.15. The third kappa shape index (κ3) is 3.24. The van der Waals surface area contributed by atoms with E-state index in [9.17, 15) is 14.4 Å². The molecule has 0 bridgehead atoms. The van der Waals surface area contributed by atoms with Gasteiger partial charge in [-0.15, -0.1) is 0 Å². The maximum atomic E-state index is 12.7. The highest BCUT2D eigenvalue weighted by atomic mass is 16.4. The number of amides is 2. The molecule has 0 aliphatic carbocycles. The second-order valence-electron chi connectivity index (χ2n) is 5.98. The number of fused-ring (bicyclic) bond motifs is 1. The van der Waals surface area contributed by atoms with Crippen molar-refractivity contribution in [1.82, 2.24) is 0 Å². The number of carbonyl (C=O) groups excluding carboxylic acids is 2. The van der Waals surface area contributed by atoms with Crippen molar-refractivity contribution in [2.24, 2.45) is 0 Å². The van der Waals surface area contributed by atoms with E-state index in [-0.39, 0.29) is 18.2 Å². The second-order valence-corrected chi connectivity index (χ2v) is 5.98. The Labute approximate surface area is 144 Å². The zero-order valence-corrected chi connectivity index (χ0v) is 13.6. The number of carbonyl (C=O) groups is 3. The molecule has 0 fully saturated rings. The van der Waals surface area contributed by atoms with E-state index in [1.165, 1.54) is 0 Å². The summed E-state index contributed by atoms with van der Waals surface area (Å²) in [6.07, 6.45) is 1.83. The Bertz CT molecular complexity index is 825. The van der Waals surface area contributed by atoms with Crippen molar-refractivity contribution >= 4 is 29.2 Å². The number of benzene rings is 2. The molecule has 1 heterocycles. The lowest BCUT2D eigenvalue weighted by molar-refractivity contribution is -0.137. The third-order valence-electron chi connectivity index (χ3n) is 4.23. The number of rotatable bonds is 6. The van der Waals surface area contributed by atoms with Gasteiger partial charge in [-0.1, -0.05) is 18.2 Å². The van der Waals surface area contributed by atoms with Gasteiger partial charge in [0.1, 0.15) is 0 Å². The van der Waals surface area contributed by atoms with Gasteiger partial charge >= 0.3 is 5.97 Å². The summed E-state index contributed by atoms with van der Waals surface area (Å²) in [5.41, 5.74) is 8.35. The zero-order valence-electron chi connectivity index (χ0n) is 13.6. The number of hydrogen-bond acceptors (Lipinski definition) is 4. The minimum Gasteiger partial charge on any atom is -0.481 e. The third-order valence-corrected chi connectivity index (χ3v) is 4.23. The minimum atomic E-state index is -0.835. The molecular weight excluding hydrogens is 320 g/mol. The van der Waals surface area contributed by atoms with Crippen molar-refractivity contribution < 1.29 is 19.5 Å². The molecule has 25 heavy (non-hydrogen) atoms. The van der Waals surface area contributed by atoms with Crippen LogP contribution in [0.3, 0.4) is 0 Å². The van der Waals surface area contributed by atoms with Crippen LogP contribution in [-0.2, 0) is 11.2 Å². The number of carboxylic acid groups (broad SMARTS) is 1. The van der Waals surface area contributed by atoms with Gasteiger partial charge in [-0.05, 0) is 49.1 Å². The van der Waals surface area contributed by atoms with Crippen LogP contribution in [0.1, 0.15) is 45.5 Å². The van der Waals surface area contributed by atoms with Crippen molar-refractivity contribution in [3.05, 3.63) is 59.2 Å². The molecule has 3 rings (SSSR count). The maximum absolute atomic E-state index is 12.7. The van der Waals surface area contributed by atoms with Gasteiger partial charge in [-0.2, -0.15) is 0 Å². The highest BCUT2D eigenvalue weighted by molar-refractivity contribution is 6.34. The summed E-state index contributed by atoms with van der Waals surface area (Å²) in [6.45, 7) is 0. The predicted octanol–water partition coefficient (Wildman–Crippen LogP) is 2.87. The van der Waals surface area contributed by atoms with Crippen molar-refractivity contribution in [3.8, 4) is 0 Å². The van der Waals surface area contributed by atoms with Crippen molar-refractivity contribution in [3.63, 3.8) is 0 Å². The fourth-order valence-corrected chi connectivity index (χ4v) is 3.00. The molecule has 6 heteroatoms. The number of carboxylic acids is 1. The monoisotopic (exact) mass is 338 g/mol. The minimum absolute atomic E-state index is 0.0946. The van der Waals surface area contributed by atoms with E-state index >= 15 is 0 Å². The first kappa shape index (κ1) is 16.7. The molecule has 0 aromatic heterocycles. The first-order chi connectivity index (χ1) is 12.0. The Kier molecular flexibility index (Phi) is 4.52. The largest absolute Gasteiger partial charge is 0.481 e. The van der Waals surface area contributed by atoms with E-state index in [0.717, 1.165) is 10.5 Å². The van der Waals surface area contributed by atoms with Crippen molar-refractivity contribution in [2.75, 3.05) is 10.6 Å².